The largest absolute Gasteiger partial charge is 0.478 e. The Hall–Kier alpha value is -1.52. The molecule has 0 radical (unpaired) electrons. The van der Waals surface area contributed by atoms with Crippen LogP contribution >= 0.6 is 0 Å². The normalized spacial score (nSPS) is 12.3. The monoisotopic (exact) mass is 339 g/mol. The molecule has 0 unspecified atom stereocenters. The maximum atomic E-state index is 13.2. The summed E-state index contributed by atoms with van der Waals surface area (Å²) in [6.07, 6.45) is 1.10. The van der Waals surface area contributed by atoms with E-state index >= 15 is 0 Å². The number of carboxylic acids is 1. The number of hydrogen-bond donors (Lipinski definition) is 2. The second kappa shape index (κ2) is 6.50. The van der Waals surface area contributed by atoms with Gasteiger partial charge in [0.25, 0.3) is 0 Å². The van der Waals surface area contributed by atoms with Crippen molar-refractivity contribution in [3.05, 3.63) is 29.6 Å². The van der Waals surface area contributed by atoms with Gasteiger partial charge < -0.3 is 5.11 Å². The summed E-state index contributed by atoms with van der Waals surface area (Å²) < 4.78 is 60.8. The highest BCUT2D eigenvalue weighted by Crippen LogP contribution is 2.15. The van der Waals surface area contributed by atoms with Crippen molar-refractivity contribution in [2.24, 2.45) is 0 Å². The Morgan fingerprint density at radius 3 is 2.43 bits per heavy atom. The van der Waals surface area contributed by atoms with Gasteiger partial charge in [-0.1, -0.05) is 0 Å². The summed E-state index contributed by atoms with van der Waals surface area (Å²) in [4.78, 5) is 10.3. The molecule has 1 aromatic carbocycles. The van der Waals surface area contributed by atoms with E-state index in [4.69, 9.17) is 5.11 Å². The Kier molecular flexibility index (Phi) is 5.42. The molecule has 10 heteroatoms. The number of sulfonamides is 1. The van der Waals surface area contributed by atoms with E-state index < -0.39 is 42.1 Å². The average molecular weight is 339 g/mol. The molecule has 0 aliphatic carbocycles. The van der Waals surface area contributed by atoms with Crippen molar-refractivity contribution in [2.75, 3.05) is 18.6 Å². The summed E-state index contributed by atoms with van der Waals surface area (Å²) in [7, 11) is -7.22. The Bertz CT molecular complexity index is 742. The lowest BCUT2D eigenvalue weighted by Crippen LogP contribution is -2.26. The standard InChI is InChI=1S/C11H14FNO6S2/c1-20(16,17)6-2-5-13-21(18,19)8-3-4-10(12)9(7-8)11(14)15/h3-4,7,13H,2,5-6H2,1H3,(H,14,15). The second-order valence-corrected chi connectivity index (χ2v) is 8.35. The van der Waals surface area contributed by atoms with Gasteiger partial charge >= 0.3 is 5.97 Å². The molecule has 0 aliphatic rings. The predicted octanol–water partition coefficient (Wildman–Crippen LogP) is 0.237. The van der Waals surface area contributed by atoms with E-state index in [1.54, 1.807) is 0 Å². The zero-order chi connectivity index (χ0) is 16.3. The fourth-order valence-corrected chi connectivity index (χ4v) is 3.23. The van der Waals surface area contributed by atoms with Crippen LogP contribution in [0.1, 0.15) is 16.8 Å². The van der Waals surface area contributed by atoms with Crippen molar-refractivity contribution in [1.82, 2.24) is 4.72 Å². The van der Waals surface area contributed by atoms with Crippen LogP contribution in [0, 0.1) is 5.82 Å². The van der Waals surface area contributed by atoms with Crippen molar-refractivity contribution in [3.8, 4) is 0 Å². The van der Waals surface area contributed by atoms with Gasteiger partial charge in [0.05, 0.1) is 16.2 Å². The fourth-order valence-electron chi connectivity index (χ4n) is 1.46. The Labute approximate surface area is 121 Å². The first-order valence-electron chi connectivity index (χ1n) is 5.73. The van der Waals surface area contributed by atoms with Gasteiger partial charge in [0, 0.05) is 12.8 Å². The van der Waals surface area contributed by atoms with Crippen LogP contribution in [-0.2, 0) is 19.9 Å². The highest BCUT2D eigenvalue weighted by atomic mass is 32.2. The molecule has 0 atom stereocenters. The van der Waals surface area contributed by atoms with Gasteiger partial charge in [-0.05, 0) is 24.6 Å². The summed E-state index contributed by atoms with van der Waals surface area (Å²) >= 11 is 0. The van der Waals surface area contributed by atoms with Gasteiger partial charge in [0.2, 0.25) is 10.0 Å². The third-order valence-electron chi connectivity index (χ3n) is 2.46. The van der Waals surface area contributed by atoms with Crippen LogP contribution in [-0.4, -0.2) is 46.5 Å². The van der Waals surface area contributed by atoms with E-state index in [-0.39, 0.29) is 18.7 Å². The van der Waals surface area contributed by atoms with Crippen LogP contribution in [0.25, 0.3) is 0 Å². The molecule has 1 rings (SSSR count). The molecular formula is C11H14FNO6S2. The number of nitrogens with one attached hydrogen (secondary N) is 1. The van der Waals surface area contributed by atoms with Gasteiger partial charge in [0.15, 0.2) is 0 Å². The van der Waals surface area contributed by atoms with Crippen molar-refractivity contribution < 1.29 is 31.1 Å². The van der Waals surface area contributed by atoms with E-state index in [9.17, 15) is 26.0 Å². The fraction of sp³-hybridized carbons (Fsp3) is 0.364. The lowest BCUT2D eigenvalue weighted by molar-refractivity contribution is 0.0691. The number of halogens is 1. The molecule has 118 valence electrons. The topological polar surface area (TPSA) is 118 Å². The zero-order valence-corrected chi connectivity index (χ0v) is 12.7. The first-order chi connectivity index (χ1) is 9.53. The Morgan fingerprint density at radius 2 is 1.90 bits per heavy atom. The molecule has 0 aliphatic heterocycles. The summed E-state index contributed by atoms with van der Waals surface area (Å²) in [6, 6.07) is 2.38. The molecule has 7 nitrogen and oxygen atoms in total. The number of carbonyl (C=O) groups is 1. The van der Waals surface area contributed by atoms with Crippen LogP contribution in [0.15, 0.2) is 23.1 Å². The van der Waals surface area contributed by atoms with E-state index in [0.717, 1.165) is 18.4 Å². The number of benzene rings is 1. The predicted molar refractivity (Wildman–Crippen MR) is 72.9 cm³/mol. The molecule has 0 saturated carbocycles. The lowest BCUT2D eigenvalue weighted by Gasteiger charge is -2.07. The number of rotatable bonds is 7. The highest BCUT2D eigenvalue weighted by Gasteiger charge is 2.18. The van der Waals surface area contributed by atoms with Gasteiger partial charge in [-0.3, -0.25) is 0 Å². The van der Waals surface area contributed by atoms with Crippen molar-refractivity contribution in [3.63, 3.8) is 0 Å². The van der Waals surface area contributed by atoms with Gasteiger partial charge in [-0.2, -0.15) is 0 Å². The summed E-state index contributed by atoms with van der Waals surface area (Å²) in [5.74, 6) is -2.81. The molecule has 0 aromatic heterocycles. The van der Waals surface area contributed by atoms with Crippen molar-refractivity contribution >= 4 is 25.8 Å². The smallest absolute Gasteiger partial charge is 0.338 e. The molecule has 2 N–H and O–H groups in total. The number of hydrogen-bond acceptors (Lipinski definition) is 5. The molecule has 1 aromatic rings. The van der Waals surface area contributed by atoms with Crippen molar-refractivity contribution in [1.29, 1.82) is 0 Å². The lowest BCUT2D eigenvalue weighted by atomic mass is 10.2. The van der Waals surface area contributed by atoms with Crippen LogP contribution in [0.2, 0.25) is 0 Å². The molecule has 0 spiro atoms. The quantitative estimate of drug-likeness (QED) is 0.687. The molecule has 0 fully saturated rings. The third kappa shape index (κ3) is 5.40. The highest BCUT2D eigenvalue weighted by molar-refractivity contribution is 7.90. The molecule has 0 amide bonds. The van der Waals surface area contributed by atoms with Crippen LogP contribution in [0.5, 0.6) is 0 Å². The van der Waals surface area contributed by atoms with Crippen molar-refractivity contribution in [2.45, 2.75) is 11.3 Å². The summed E-state index contributed by atoms with van der Waals surface area (Å²) in [5.41, 5.74) is -0.756. The average Bonchev–Trinajstić information content (AvgIpc) is 2.33. The minimum atomic E-state index is -4.03. The van der Waals surface area contributed by atoms with Gasteiger partial charge in [-0.25, -0.2) is 30.7 Å². The minimum absolute atomic E-state index is 0.0745. The maximum Gasteiger partial charge on any atom is 0.338 e. The maximum absolute atomic E-state index is 13.2. The van der Waals surface area contributed by atoms with E-state index in [1.165, 1.54) is 0 Å². The first-order valence-corrected chi connectivity index (χ1v) is 9.27. The number of sulfone groups is 1. The summed E-state index contributed by atoms with van der Waals surface area (Å²) in [5, 5.41) is 8.74. The molecule has 0 bridgehead atoms. The molecule has 0 heterocycles. The number of carboxylic acid groups (broad SMARTS) is 1. The van der Waals surface area contributed by atoms with Gasteiger partial charge in [0.1, 0.15) is 15.7 Å². The summed E-state index contributed by atoms with van der Waals surface area (Å²) in [6.45, 7) is -0.130. The van der Waals surface area contributed by atoms with E-state index in [2.05, 4.69) is 4.72 Å². The Balaban J connectivity index is 2.84. The van der Waals surface area contributed by atoms with E-state index in [0.29, 0.717) is 6.07 Å². The molecule has 0 saturated heterocycles. The SMILES string of the molecule is CS(=O)(=O)CCCNS(=O)(=O)c1ccc(F)c(C(=O)O)c1. The number of aromatic carboxylic acids is 1. The molecule has 21 heavy (non-hydrogen) atoms. The second-order valence-electron chi connectivity index (χ2n) is 4.33. The minimum Gasteiger partial charge on any atom is -0.478 e. The first kappa shape index (κ1) is 17.5. The van der Waals surface area contributed by atoms with Crippen LogP contribution < -0.4 is 4.72 Å². The molecular weight excluding hydrogens is 325 g/mol. The van der Waals surface area contributed by atoms with Crippen LogP contribution in [0.4, 0.5) is 4.39 Å². The zero-order valence-electron chi connectivity index (χ0n) is 11.0. The van der Waals surface area contributed by atoms with E-state index in [1.807, 2.05) is 0 Å². The Morgan fingerprint density at radius 1 is 1.29 bits per heavy atom. The third-order valence-corrected chi connectivity index (χ3v) is 4.95. The van der Waals surface area contributed by atoms with Gasteiger partial charge in [-0.15, -0.1) is 0 Å². The van der Waals surface area contributed by atoms with Crippen LogP contribution in [0.3, 0.4) is 0 Å².